The second-order valence-electron chi connectivity index (χ2n) is 13.3. The quantitative estimate of drug-likeness (QED) is 0.0446. The van der Waals surface area contributed by atoms with Crippen LogP contribution in [0.2, 0.25) is 0 Å². The molecule has 4 rings (SSSR count). The minimum atomic E-state index is -3.46. The maximum atomic E-state index is 12.8. The molecule has 12 nitrogen and oxygen atoms in total. The number of nitrogens with one attached hydrogen (secondary N) is 4. The van der Waals surface area contributed by atoms with E-state index in [1.54, 1.807) is 36.4 Å². The second kappa shape index (κ2) is 21.7. The highest BCUT2D eigenvalue weighted by Gasteiger charge is 2.17. The number of rotatable bonds is 26. The van der Waals surface area contributed by atoms with E-state index in [1.807, 2.05) is 0 Å². The summed E-state index contributed by atoms with van der Waals surface area (Å²) in [5.41, 5.74) is 3.21. The number of hydrogen-bond donors (Lipinski definition) is 4. The average Bonchev–Trinajstić information content (AvgIpc) is 3.74. The van der Waals surface area contributed by atoms with Crippen LogP contribution < -0.4 is 9.44 Å². The van der Waals surface area contributed by atoms with E-state index < -0.39 is 20.0 Å². The Kier molecular flexibility index (Phi) is 17.5. The number of thioether (sulfide) groups is 2. The van der Waals surface area contributed by atoms with Crippen LogP contribution in [-0.4, -0.2) is 70.0 Å². The van der Waals surface area contributed by atoms with Crippen molar-refractivity contribution in [2.45, 2.75) is 110 Å². The summed E-state index contributed by atoms with van der Waals surface area (Å²) in [7, 11) is -6.93. The number of aromatic amines is 2. The SMILES string of the molecule is CCCCCCCCS(=O)(=O)Nc1ccc2nc(C(=O)SCCCCCSC(=O)c3nc4ccc(NS(=O)(=O)CCCCCCCC)cc4[nH]3)[nH]c2c1. The molecular weight excluding hydrogens is 753 g/mol. The normalized spacial score (nSPS) is 12.1. The first-order valence-corrected chi connectivity index (χ1v) is 24.1. The predicted octanol–water partition coefficient (Wildman–Crippen LogP) is 9.26. The van der Waals surface area contributed by atoms with Crippen molar-refractivity contribution < 1.29 is 26.4 Å². The van der Waals surface area contributed by atoms with Crippen molar-refractivity contribution in [2.75, 3.05) is 32.5 Å². The first-order valence-electron chi connectivity index (χ1n) is 18.8. The predicted molar refractivity (Wildman–Crippen MR) is 221 cm³/mol. The summed E-state index contributed by atoms with van der Waals surface area (Å²) >= 11 is 2.35. The highest BCUT2D eigenvalue weighted by Crippen LogP contribution is 2.23. The Bertz CT molecular complexity index is 1850. The number of aromatic nitrogens is 4. The van der Waals surface area contributed by atoms with E-state index in [9.17, 15) is 26.4 Å². The minimum Gasteiger partial charge on any atom is -0.335 e. The Balaban J connectivity index is 1.13. The van der Waals surface area contributed by atoms with Gasteiger partial charge in [0, 0.05) is 11.5 Å². The van der Waals surface area contributed by atoms with E-state index in [2.05, 4.69) is 43.2 Å². The molecule has 2 aromatic carbocycles. The summed E-state index contributed by atoms with van der Waals surface area (Å²) in [6.45, 7) is 4.30. The van der Waals surface area contributed by atoms with Gasteiger partial charge < -0.3 is 9.97 Å². The molecule has 0 bridgehead atoms. The fraction of sp³-hybridized carbons (Fsp3) is 0.568. The topological polar surface area (TPSA) is 184 Å². The number of sulfonamides is 2. The molecule has 0 aliphatic heterocycles. The van der Waals surface area contributed by atoms with Crippen LogP contribution in [0.3, 0.4) is 0 Å². The van der Waals surface area contributed by atoms with Crippen molar-refractivity contribution in [3.63, 3.8) is 0 Å². The van der Waals surface area contributed by atoms with Crippen LogP contribution in [0.1, 0.15) is 131 Å². The Morgan fingerprint density at radius 3 is 1.36 bits per heavy atom. The average molecular weight is 807 g/mol. The van der Waals surface area contributed by atoms with E-state index in [0.29, 0.717) is 57.8 Å². The zero-order valence-corrected chi connectivity index (χ0v) is 34.1. The molecule has 292 valence electrons. The maximum Gasteiger partial charge on any atom is 0.254 e. The molecule has 0 atom stereocenters. The number of carbonyl (C=O) groups is 2. The van der Waals surface area contributed by atoms with Gasteiger partial charge in [-0.2, -0.15) is 0 Å². The van der Waals surface area contributed by atoms with Crippen molar-refractivity contribution in [3.8, 4) is 0 Å². The summed E-state index contributed by atoms with van der Waals surface area (Å²) in [5, 5.41) is -0.371. The summed E-state index contributed by atoms with van der Waals surface area (Å²) in [5.74, 6) is 1.81. The molecule has 0 aliphatic carbocycles. The largest absolute Gasteiger partial charge is 0.335 e. The Morgan fingerprint density at radius 2 is 0.943 bits per heavy atom. The first-order chi connectivity index (χ1) is 25.5. The van der Waals surface area contributed by atoms with Gasteiger partial charge >= 0.3 is 0 Å². The molecule has 0 aliphatic rings. The molecule has 0 unspecified atom stereocenters. The summed E-state index contributed by atoms with van der Waals surface area (Å²) in [4.78, 5) is 40.4. The van der Waals surface area contributed by atoms with Gasteiger partial charge in [-0.1, -0.05) is 108 Å². The summed E-state index contributed by atoms with van der Waals surface area (Å²) in [6.07, 6.45) is 14.5. The number of imidazole rings is 2. The van der Waals surface area contributed by atoms with Gasteiger partial charge in [-0.05, 0) is 62.1 Å². The van der Waals surface area contributed by atoms with Crippen molar-refractivity contribution >= 4 is 87.2 Å². The smallest absolute Gasteiger partial charge is 0.254 e. The number of hydrogen-bond acceptors (Lipinski definition) is 10. The van der Waals surface area contributed by atoms with Gasteiger partial charge in [0.05, 0.1) is 44.9 Å². The maximum absolute atomic E-state index is 12.8. The number of unbranched alkanes of at least 4 members (excludes halogenated alkanes) is 12. The third-order valence-corrected chi connectivity index (χ3v) is 13.3. The van der Waals surface area contributed by atoms with Crippen molar-refractivity contribution in [2.24, 2.45) is 0 Å². The number of H-pyrrole nitrogens is 2. The molecule has 16 heteroatoms. The van der Waals surface area contributed by atoms with Gasteiger partial charge in [-0.15, -0.1) is 0 Å². The zero-order chi connectivity index (χ0) is 38.1. The molecule has 0 fully saturated rings. The molecule has 0 spiro atoms. The van der Waals surface area contributed by atoms with Crippen LogP contribution >= 0.6 is 23.5 Å². The summed E-state index contributed by atoms with van der Waals surface area (Å²) < 4.78 is 55.4. The van der Waals surface area contributed by atoms with Crippen LogP contribution in [0.15, 0.2) is 36.4 Å². The highest BCUT2D eigenvalue weighted by atomic mass is 32.2. The van der Waals surface area contributed by atoms with E-state index in [-0.39, 0.29) is 33.4 Å². The number of carbonyl (C=O) groups excluding carboxylic acids is 2. The number of nitrogens with zero attached hydrogens (tertiary/aromatic N) is 2. The third kappa shape index (κ3) is 14.9. The Labute approximate surface area is 322 Å². The van der Waals surface area contributed by atoms with E-state index in [1.165, 1.54) is 36.4 Å². The van der Waals surface area contributed by atoms with Gasteiger partial charge in [-0.25, -0.2) is 26.8 Å². The lowest BCUT2D eigenvalue weighted by Gasteiger charge is -2.08. The molecule has 0 radical (unpaired) electrons. The third-order valence-electron chi connectivity index (χ3n) is 8.69. The molecule has 0 amide bonds. The van der Waals surface area contributed by atoms with E-state index in [4.69, 9.17) is 0 Å². The van der Waals surface area contributed by atoms with E-state index >= 15 is 0 Å². The molecule has 0 saturated heterocycles. The Hall–Kier alpha value is -3.08. The van der Waals surface area contributed by atoms with Gasteiger partial charge in [-0.3, -0.25) is 19.0 Å². The lowest BCUT2D eigenvalue weighted by molar-refractivity contribution is 0.107. The number of anilines is 2. The molecule has 53 heavy (non-hydrogen) atoms. The Morgan fingerprint density at radius 1 is 0.566 bits per heavy atom. The standard InChI is InChI=1S/C37H54N6O6S4/c1-3-5-7-9-11-16-24-52(46,47)42-28-18-20-30-32(26-28)40-34(38-30)36(44)50-22-14-13-15-23-51-37(45)35-39-31-21-19-29(27-33(31)41-35)43-53(48,49)25-17-12-10-8-6-4-2/h18-21,26-27,42-43H,3-17,22-25H2,1-2H3,(H,38,40)(H,39,41). The molecule has 4 N–H and O–H groups in total. The van der Waals surface area contributed by atoms with Gasteiger partial charge in [0.1, 0.15) is 0 Å². The van der Waals surface area contributed by atoms with Gasteiger partial charge in [0.25, 0.3) is 10.2 Å². The number of benzene rings is 2. The van der Waals surface area contributed by atoms with Crippen LogP contribution in [0.5, 0.6) is 0 Å². The monoisotopic (exact) mass is 806 g/mol. The van der Waals surface area contributed by atoms with Crippen LogP contribution in [0, 0.1) is 0 Å². The van der Waals surface area contributed by atoms with Crippen molar-refractivity contribution in [1.29, 1.82) is 0 Å². The lowest BCUT2D eigenvalue weighted by Crippen LogP contribution is -2.16. The summed E-state index contributed by atoms with van der Waals surface area (Å²) in [6, 6.07) is 10.0. The lowest BCUT2D eigenvalue weighted by atomic mass is 10.1. The van der Waals surface area contributed by atoms with Gasteiger partial charge in [0.15, 0.2) is 11.6 Å². The molecule has 4 aromatic rings. The second-order valence-corrected chi connectivity index (χ2v) is 19.2. The molecule has 2 heterocycles. The van der Waals surface area contributed by atoms with Gasteiger partial charge in [0.2, 0.25) is 20.0 Å². The molecule has 2 aromatic heterocycles. The van der Waals surface area contributed by atoms with Crippen molar-refractivity contribution in [3.05, 3.63) is 48.0 Å². The fourth-order valence-electron chi connectivity index (χ4n) is 5.79. The zero-order valence-electron chi connectivity index (χ0n) is 30.9. The first kappa shape index (κ1) is 42.7. The van der Waals surface area contributed by atoms with E-state index in [0.717, 1.165) is 70.6 Å². The minimum absolute atomic E-state index is 0.0758. The number of fused-ring (bicyclic) bond motifs is 2. The highest BCUT2D eigenvalue weighted by molar-refractivity contribution is 8.14. The van der Waals surface area contributed by atoms with Crippen LogP contribution in [0.4, 0.5) is 11.4 Å². The fourth-order valence-corrected chi connectivity index (χ4v) is 9.67. The van der Waals surface area contributed by atoms with Crippen LogP contribution in [0.25, 0.3) is 22.1 Å². The molecular formula is C37H54N6O6S4. The molecule has 0 saturated carbocycles. The van der Waals surface area contributed by atoms with Crippen LogP contribution in [-0.2, 0) is 20.0 Å². The van der Waals surface area contributed by atoms with Crippen molar-refractivity contribution in [1.82, 2.24) is 19.9 Å².